The van der Waals surface area contributed by atoms with Gasteiger partial charge in [-0.2, -0.15) is 5.10 Å². The predicted octanol–water partition coefficient (Wildman–Crippen LogP) is 6.15. The van der Waals surface area contributed by atoms with Crippen LogP contribution in [0.3, 0.4) is 0 Å². The van der Waals surface area contributed by atoms with Crippen LogP contribution in [0.15, 0.2) is 107 Å². The summed E-state index contributed by atoms with van der Waals surface area (Å²) in [5, 5.41) is 26.0. The summed E-state index contributed by atoms with van der Waals surface area (Å²) < 4.78 is 5.20. The van der Waals surface area contributed by atoms with Crippen molar-refractivity contribution in [3.63, 3.8) is 0 Å². The molecule has 0 fully saturated rings. The van der Waals surface area contributed by atoms with Gasteiger partial charge in [0.25, 0.3) is 0 Å². The van der Waals surface area contributed by atoms with Gasteiger partial charge in [-0.25, -0.2) is 4.79 Å². The molecule has 4 aromatic rings. The van der Waals surface area contributed by atoms with Crippen LogP contribution in [0.25, 0.3) is 17.0 Å². The Morgan fingerprint density at radius 2 is 1.46 bits per heavy atom. The summed E-state index contributed by atoms with van der Waals surface area (Å²) in [4.78, 5) is 26.0. The van der Waals surface area contributed by atoms with Crippen LogP contribution in [-0.4, -0.2) is 33.7 Å². The predicted molar refractivity (Wildman–Crippen MR) is 131 cm³/mol. The van der Waals surface area contributed by atoms with Crippen molar-refractivity contribution in [3.05, 3.63) is 113 Å². The number of Topliss-reactive ketones (excluding diaryl/α,β-unsaturated/α-hetero) is 1. The van der Waals surface area contributed by atoms with Crippen molar-refractivity contribution >= 4 is 23.3 Å². The van der Waals surface area contributed by atoms with Crippen molar-refractivity contribution in [1.29, 1.82) is 0 Å². The number of benzene rings is 3. The molecule has 0 unspecified atom stereocenters. The van der Waals surface area contributed by atoms with Gasteiger partial charge in [-0.3, -0.25) is 9.89 Å². The zero-order valence-corrected chi connectivity index (χ0v) is 18.9. The molecule has 2 N–H and O–H groups in total. The summed E-state index contributed by atoms with van der Waals surface area (Å²) in [5.41, 5.74) is 1.61. The van der Waals surface area contributed by atoms with Gasteiger partial charge < -0.3 is 9.84 Å². The molecule has 3 aromatic carbocycles. The SMILES string of the molecule is CCOC(=O)c1c(N=N/C(C(=O)c2ccccc2)=C(\O)c2ccccc2)n[nH]c1-c1ccccc1. The van der Waals surface area contributed by atoms with Crippen molar-refractivity contribution in [2.24, 2.45) is 10.2 Å². The minimum atomic E-state index is -0.638. The van der Waals surface area contributed by atoms with E-state index in [0.717, 1.165) is 0 Å². The number of nitrogens with one attached hydrogen (secondary N) is 1. The van der Waals surface area contributed by atoms with E-state index < -0.39 is 11.8 Å². The number of carbonyl (C=O) groups is 2. The second kappa shape index (κ2) is 10.8. The molecule has 0 saturated carbocycles. The van der Waals surface area contributed by atoms with Gasteiger partial charge in [-0.15, -0.1) is 10.2 Å². The Hall–Kier alpha value is -4.85. The van der Waals surface area contributed by atoms with E-state index in [9.17, 15) is 14.7 Å². The molecule has 35 heavy (non-hydrogen) atoms. The highest BCUT2D eigenvalue weighted by Crippen LogP contribution is 2.30. The maximum atomic E-state index is 13.2. The van der Waals surface area contributed by atoms with Crippen molar-refractivity contribution in [3.8, 4) is 11.3 Å². The number of esters is 1. The normalized spacial score (nSPS) is 11.8. The number of rotatable bonds is 8. The number of aromatic amines is 1. The van der Waals surface area contributed by atoms with Gasteiger partial charge in [0, 0.05) is 16.7 Å². The minimum Gasteiger partial charge on any atom is -0.505 e. The first-order chi connectivity index (χ1) is 17.1. The third-order valence-electron chi connectivity index (χ3n) is 5.06. The number of carbonyl (C=O) groups excluding carboxylic acids is 2. The smallest absolute Gasteiger partial charge is 0.344 e. The van der Waals surface area contributed by atoms with Crippen LogP contribution >= 0.6 is 0 Å². The quantitative estimate of drug-likeness (QED) is 0.106. The van der Waals surface area contributed by atoms with E-state index in [1.807, 2.05) is 30.3 Å². The first-order valence-corrected chi connectivity index (χ1v) is 10.9. The summed E-state index contributed by atoms with van der Waals surface area (Å²) in [6.45, 7) is 1.85. The summed E-state index contributed by atoms with van der Waals surface area (Å²) in [6.07, 6.45) is 0. The van der Waals surface area contributed by atoms with Gasteiger partial charge in [-0.05, 0) is 6.92 Å². The molecule has 0 aliphatic carbocycles. The Balaban J connectivity index is 1.82. The fourth-order valence-electron chi connectivity index (χ4n) is 3.37. The number of nitrogens with zero attached hydrogens (tertiary/aromatic N) is 3. The number of aliphatic hydroxyl groups excluding tert-OH is 1. The Labute approximate surface area is 201 Å². The van der Waals surface area contributed by atoms with E-state index in [2.05, 4.69) is 20.4 Å². The van der Waals surface area contributed by atoms with Crippen LogP contribution in [0.2, 0.25) is 0 Å². The van der Waals surface area contributed by atoms with Crippen molar-refractivity contribution in [1.82, 2.24) is 10.2 Å². The molecule has 4 rings (SSSR count). The van der Waals surface area contributed by atoms with Gasteiger partial charge in [0.1, 0.15) is 5.56 Å². The lowest BCUT2D eigenvalue weighted by molar-refractivity contribution is 0.0528. The lowest BCUT2D eigenvalue weighted by Crippen LogP contribution is -2.06. The van der Waals surface area contributed by atoms with E-state index in [1.54, 1.807) is 67.6 Å². The highest BCUT2D eigenvalue weighted by Gasteiger charge is 2.24. The summed E-state index contributed by atoms with van der Waals surface area (Å²) in [5.74, 6) is -1.59. The first kappa shape index (κ1) is 23.3. The number of ether oxygens (including phenoxy) is 1. The Bertz CT molecular complexity index is 1380. The molecule has 0 aliphatic rings. The third kappa shape index (κ3) is 5.22. The van der Waals surface area contributed by atoms with E-state index in [0.29, 0.717) is 22.4 Å². The van der Waals surface area contributed by atoms with Gasteiger partial charge in [0.2, 0.25) is 11.6 Å². The molecule has 8 nitrogen and oxygen atoms in total. The largest absolute Gasteiger partial charge is 0.505 e. The lowest BCUT2D eigenvalue weighted by atomic mass is 10.1. The summed E-state index contributed by atoms with van der Waals surface area (Å²) in [6, 6.07) is 26.1. The number of H-pyrrole nitrogens is 1. The fourth-order valence-corrected chi connectivity index (χ4v) is 3.37. The summed E-state index contributed by atoms with van der Waals surface area (Å²) in [7, 11) is 0. The number of ketones is 1. The molecule has 0 atom stereocenters. The third-order valence-corrected chi connectivity index (χ3v) is 5.06. The molecule has 0 spiro atoms. The van der Waals surface area contributed by atoms with Crippen molar-refractivity contribution in [2.45, 2.75) is 6.92 Å². The van der Waals surface area contributed by atoms with E-state index >= 15 is 0 Å². The number of allylic oxidation sites excluding steroid dienone is 1. The second-order valence-electron chi connectivity index (χ2n) is 7.34. The van der Waals surface area contributed by atoms with Crippen LogP contribution in [0.5, 0.6) is 0 Å². The average molecular weight is 466 g/mol. The Kier molecular flexibility index (Phi) is 7.22. The first-order valence-electron chi connectivity index (χ1n) is 10.9. The number of azo groups is 1. The highest BCUT2D eigenvalue weighted by molar-refractivity contribution is 6.12. The molecule has 0 amide bonds. The molecule has 1 aromatic heterocycles. The van der Waals surface area contributed by atoms with Crippen LogP contribution in [0.4, 0.5) is 5.82 Å². The average Bonchev–Trinajstić information content (AvgIpc) is 3.34. The van der Waals surface area contributed by atoms with Crippen molar-refractivity contribution in [2.75, 3.05) is 6.61 Å². The number of aromatic nitrogens is 2. The topological polar surface area (TPSA) is 117 Å². The zero-order chi connectivity index (χ0) is 24.6. The maximum absolute atomic E-state index is 13.2. The van der Waals surface area contributed by atoms with E-state index in [1.165, 1.54) is 0 Å². The number of hydrogen-bond donors (Lipinski definition) is 2. The van der Waals surface area contributed by atoms with E-state index in [-0.39, 0.29) is 29.4 Å². The molecule has 0 bridgehead atoms. The standard InChI is InChI=1S/C27H22N4O4/c1-2-35-27(34)21-22(18-12-6-3-7-13-18)28-30-26(21)31-29-23(24(32)19-14-8-4-9-15-19)25(33)20-16-10-5-11-17-20/h3-17,32H,2H2,1H3,(H,28,30)/b24-23-,31-29?. The van der Waals surface area contributed by atoms with Crippen LogP contribution in [0, 0.1) is 0 Å². The van der Waals surface area contributed by atoms with Gasteiger partial charge in [0.15, 0.2) is 11.5 Å². The monoisotopic (exact) mass is 466 g/mol. The molecule has 174 valence electrons. The van der Waals surface area contributed by atoms with Gasteiger partial charge >= 0.3 is 5.97 Å². The van der Waals surface area contributed by atoms with Crippen LogP contribution in [0.1, 0.15) is 33.2 Å². The fraction of sp³-hybridized carbons (Fsp3) is 0.0741. The maximum Gasteiger partial charge on any atom is 0.344 e. The van der Waals surface area contributed by atoms with Gasteiger partial charge in [-0.1, -0.05) is 91.0 Å². The van der Waals surface area contributed by atoms with Crippen molar-refractivity contribution < 1.29 is 19.4 Å². The molecule has 0 saturated heterocycles. The minimum absolute atomic E-state index is 0.0680. The Morgan fingerprint density at radius 3 is 2.06 bits per heavy atom. The molecule has 8 heteroatoms. The molecule has 1 heterocycles. The lowest BCUT2D eigenvalue weighted by Gasteiger charge is -2.06. The highest BCUT2D eigenvalue weighted by atomic mass is 16.5. The molecular formula is C27H22N4O4. The summed E-state index contributed by atoms with van der Waals surface area (Å²) >= 11 is 0. The van der Waals surface area contributed by atoms with E-state index in [4.69, 9.17) is 4.74 Å². The second-order valence-corrected chi connectivity index (χ2v) is 7.34. The molecular weight excluding hydrogens is 444 g/mol. The Morgan fingerprint density at radius 1 is 0.886 bits per heavy atom. The zero-order valence-electron chi connectivity index (χ0n) is 18.9. The number of aliphatic hydroxyl groups is 1. The van der Waals surface area contributed by atoms with Gasteiger partial charge in [0.05, 0.1) is 12.3 Å². The van der Waals surface area contributed by atoms with Crippen LogP contribution < -0.4 is 0 Å². The van der Waals surface area contributed by atoms with Crippen LogP contribution in [-0.2, 0) is 4.74 Å². The molecule has 0 aliphatic heterocycles. The number of hydrogen-bond acceptors (Lipinski definition) is 7. The molecule has 0 radical (unpaired) electrons.